The second-order valence-electron chi connectivity index (χ2n) is 10.6. The first-order chi connectivity index (χ1) is 20.4. The third-order valence-electron chi connectivity index (χ3n) is 6.92. The summed E-state index contributed by atoms with van der Waals surface area (Å²) in [6.45, 7) is 2.76. The smallest absolute Gasteiger partial charge is 0.326 e. The Bertz CT molecular complexity index is 1140. The second-order valence-corrected chi connectivity index (χ2v) is 11.6. The molecule has 0 spiro atoms. The summed E-state index contributed by atoms with van der Waals surface area (Å²) in [7, 11) is 0. The number of quaternary nitrogens is 1. The number of carbonyl (C=O) groups is 6. The van der Waals surface area contributed by atoms with E-state index in [0.29, 0.717) is 11.3 Å². The Morgan fingerprint density at radius 3 is 2.26 bits per heavy atom. The van der Waals surface area contributed by atoms with Gasteiger partial charge in [-0.3, -0.25) is 24.0 Å². The van der Waals surface area contributed by atoms with Gasteiger partial charge in [0.1, 0.15) is 24.2 Å². The number of carbonyl (C=O) groups excluding carboxylic acids is 5. The number of nitrogens with one attached hydrogen (secondary N) is 4. The molecule has 5 atom stereocenters. The van der Waals surface area contributed by atoms with Crippen LogP contribution in [0.5, 0.6) is 0 Å². The van der Waals surface area contributed by atoms with Crippen molar-refractivity contribution in [3.8, 4) is 0 Å². The maximum Gasteiger partial charge on any atom is 0.326 e. The number of aliphatic carboxylic acids is 1. The summed E-state index contributed by atoms with van der Waals surface area (Å²) in [5, 5.41) is 29.9. The van der Waals surface area contributed by atoms with E-state index in [1.165, 1.54) is 11.8 Å². The average Bonchev–Trinajstić information content (AvgIpc) is 3.38. The fraction of sp³-hybridized carbons (Fsp3) is 0.571. The minimum absolute atomic E-state index is 0.0505. The summed E-state index contributed by atoms with van der Waals surface area (Å²) in [5.41, 5.74) is 4.22. The Balaban J connectivity index is 2.12. The molecule has 238 valence electrons. The Morgan fingerprint density at radius 2 is 1.67 bits per heavy atom. The molecule has 9 N–H and O–H groups in total. The number of rotatable bonds is 16. The van der Waals surface area contributed by atoms with Crippen LogP contribution in [0.2, 0.25) is 0 Å². The quantitative estimate of drug-likeness (QED) is 0.103. The predicted molar refractivity (Wildman–Crippen MR) is 158 cm³/mol. The van der Waals surface area contributed by atoms with Crippen molar-refractivity contribution in [2.24, 2.45) is 5.92 Å². The van der Waals surface area contributed by atoms with Crippen molar-refractivity contribution >= 4 is 47.3 Å². The monoisotopic (exact) mass is 623 g/mol. The standard InChI is InChI=1S/C28H42N6O8S/c1-16(2)24(33-22(36)13-29)26(39)32-19(9-10-43-3)25(38)30-14-23(37)31-20(11-17-7-5-4-6-8-17)27(40)34-15-18(35)12-21(34)28(41)42/h4-8,16,18-21,24,35H,9-15,29H2,1-3H3,(H,30,38)(H,31,37)(H,32,39)(H,33,36)(H,41,42)/p+1. The first-order valence-corrected chi connectivity index (χ1v) is 15.5. The fourth-order valence-corrected chi connectivity index (χ4v) is 5.10. The molecule has 0 aliphatic carbocycles. The van der Waals surface area contributed by atoms with E-state index in [4.69, 9.17) is 0 Å². The SMILES string of the molecule is CSCCC(NC(=O)C(NC(=O)C[NH3+])C(C)C)C(=O)NCC(=O)NC(Cc1ccccc1)C(=O)N1CC(O)CC1C(=O)O. The fourth-order valence-electron chi connectivity index (χ4n) is 4.62. The highest BCUT2D eigenvalue weighted by molar-refractivity contribution is 7.98. The van der Waals surface area contributed by atoms with Crippen molar-refractivity contribution in [2.45, 2.75) is 63.4 Å². The molecule has 1 aliphatic rings. The Morgan fingerprint density at radius 1 is 1.00 bits per heavy atom. The molecule has 1 aromatic rings. The molecule has 14 nitrogen and oxygen atoms in total. The average molecular weight is 624 g/mol. The number of carboxylic acid groups (broad SMARTS) is 1. The number of aliphatic hydroxyl groups is 1. The van der Waals surface area contributed by atoms with Crippen LogP contribution in [0.15, 0.2) is 30.3 Å². The van der Waals surface area contributed by atoms with Crippen molar-refractivity contribution in [1.29, 1.82) is 0 Å². The van der Waals surface area contributed by atoms with E-state index >= 15 is 0 Å². The Labute approximate surface area is 254 Å². The van der Waals surface area contributed by atoms with E-state index in [9.17, 15) is 39.0 Å². The molecule has 43 heavy (non-hydrogen) atoms. The van der Waals surface area contributed by atoms with Crippen molar-refractivity contribution in [2.75, 3.05) is 31.6 Å². The molecule has 1 heterocycles. The van der Waals surface area contributed by atoms with Gasteiger partial charge in [0, 0.05) is 19.4 Å². The zero-order valence-corrected chi connectivity index (χ0v) is 25.5. The summed E-state index contributed by atoms with van der Waals surface area (Å²) >= 11 is 1.46. The zero-order valence-electron chi connectivity index (χ0n) is 24.7. The number of amides is 5. The molecule has 1 saturated heterocycles. The topological polar surface area (TPSA) is 222 Å². The third kappa shape index (κ3) is 11.1. The minimum Gasteiger partial charge on any atom is -0.480 e. The van der Waals surface area contributed by atoms with Gasteiger partial charge in [-0.15, -0.1) is 0 Å². The molecule has 2 rings (SSSR count). The molecule has 0 saturated carbocycles. The van der Waals surface area contributed by atoms with Gasteiger partial charge in [-0.1, -0.05) is 44.2 Å². The summed E-state index contributed by atoms with van der Waals surface area (Å²) in [4.78, 5) is 77.0. The molecule has 0 bridgehead atoms. The normalized spacial score (nSPS) is 18.3. The Kier molecular flexibility index (Phi) is 14.4. The predicted octanol–water partition coefficient (Wildman–Crippen LogP) is -2.50. The third-order valence-corrected chi connectivity index (χ3v) is 7.57. The van der Waals surface area contributed by atoms with Gasteiger partial charge >= 0.3 is 5.97 Å². The number of benzene rings is 1. The van der Waals surface area contributed by atoms with Crippen LogP contribution in [0.25, 0.3) is 0 Å². The van der Waals surface area contributed by atoms with E-state index in [2.05, 4.69) is 27.0 Å². The van der Waals surface area contributed by atoms with E-state index in [0.717, 1.165) is 4.90 Å². The molecule has 1 aromatic carbocycles. The maximum atomic E-state index is 13.4. The largest absolute Gasteiger partial charge is 0.480 e. The van der Waals surface area contributed by atoms with Crippen molar-refractivity contribution < 1.29 is 44.7 Å². The van der Waals surface area contributed by atoms with Gasteiger partial charge in [-0.05, 0) is 29.9 Å². The number of β-amino-alcohol motifs (C(OH)–C–C–N with tert-alkyl or cyclic N) is 1. The molecule has 1 aliphatic heterocycles. The highest BCUT2D eigenvalue weighted by atomic mass is 32.2. The summed E-state index contributed by atoms with van der Waals surface area (Å²) in [6, 6.07) is 4.55. The lowest BCUT2D eigenvalue weighted by Crippen LogP contribution is -2.62. The second kappa shape index (κ2) is 17.4. The number of hydrogen-bond donors (Lipinski definition) is 7. The van der Waals surface area contributed by atoms with Crippen LogP contribution in [0.3, 0.4) is 0 Å². The molecule has 15 heteroatoms. The molecule has 0 radical (unpaired) electrons. The van der Waals surface area contributed by atoms with Gasteiger partial charge in [0.2, 0.25) is 23.6 Å². The zero-order chi connectivity index (χ0) is 32.1. The highest BCUT2D eigenvalue weighted by Gasteiger charge is 2.41. The van der Waals surface area contributed by atoms with Crippen molar-refractivity contribution in [3.05, 3.63) is 35.9 Å². The lowest BCUT2D eigenvalue weighted by atomic mass is 10.0. The highest BCUT2D eigenvalue weighted by Crippen LogP contribution is 2.20. The van der Waals surface area contributed by atoms with Gasteiger partial charge in [-0.2, -0.15) is 11.8 Å². The number of aliphatic hydroxyl groups excluding tert-OH is 1. The number of hydrogen-bond acceptors (Lipinski definition) is 8. The van der Waals surface area contributed by atoms with E-state index in [1.807, 2.05) is 6.26 Å². The Hall–Kier alpha value is -3.69. The van der Waals surface area contributed by atoms with E-state index in [1.54, 1.807) is 44.2 Å². The van der Waals surface area contributed by atoms with Crippen molar-refractivity contribution in [1.82, 2.24) is 26.2 Å². The van der Waals surface area contributed by atoms with Gasteiger partial charge in [0.05, 0.1) is 12.6 Å². The van der Waals surface area contributed by atoms with Crippen LogP contribution in [-0.2, 0) is 35.2 Å². The van der Waals surface area contributed by atoms with Crippen LogP contribution < -0.4 is 27.0 Å². The molecule has 5 amide bonds. The van der Waals surface area contributed by atoms with Crippen LogP contribution in [0, 0.1) is 5.92 Å². The summed E-state index contributed by atoms with van der Waals surface area (Å²) in [6.07, 6.45) is 1.03. The van der Waals surface area contributed by atoms with Crippen molar-refractivity contribution in [3.63, 3.8) is 0 Å². The van der Waals surface area contributed by atoms with Gasteiger partial charge in [-0.25, -0.2) is 4.79 Å². The van der Waals surface area contributed by atoms with Gasteiger partial charge in [0.25, 0.3) is 5.91 Å². The first kappa shape index (κ1) is 35.5. The number of carboxylic acids is 1. The van der Waals surface area contributed by atoms with Crippen LogP contribution in [0.1, 0.15) is 32.3 Å². The number of nitrogens with zero attached hydrogens (tertiary/aromatic N) is 1. The molecule has 5 unspecified atom stereocenters. The summed E-state index contributed by atoms with van der Waals surface area (Å²) < 4.78 is 0. The molecule has 1 fully saturated rings. The first-order valence-electron chi connectivity index (χ1n) is 14.1. The maximum absolute atomic E-state index is 13.4. The number of likely N-dealkylation sites (tertiary alicyclic amines) is 1. The lowest BCUT2D eigenvalue weighted by molar-refractivity contribution is -0.355. The minimum atomic E-state index is -1.26. The molecular formula is C28H43N6O8S+. The lowest BCUT2D eigenvalue weighted by Gasteiger charge is -2.27. The molecule has 0 aromatic heterocycles. The van der Waals surface area contributed by atoms with Crippen LogP contribution in [-0.4, -0.2) is 113 Å². The van der Waals surface area contributed by atoms with E-state index < -0.39 is 72.3 Å². The molecular weight excluding hydrogens is 580 g/mol. The van der Waals surface area contributed by atoms with Crippen LogP contribution >= 0.6 is 11.8 Å². The van der Waals surface area contributed by atoms with Gasteiger partial charge < -0.3 is 42.1 Å². The van der Waals surface area contributed by atoms with Gasteiger partial charge in [0.15, 0.2) is 6.54 Å². The number of thioether (sulfide) groups is 1. The summed E-state index contributed by atoms with van der Waals surface area (Å²) in [5.74, 6) is -3.93. The van der Waals surface area contributed by atoms with E-state index in [-0.39, 0.29) is 38.3 Å². The van der Waals surface area contributed by atoms with Crippen LogP contribution in [0.4, 0.5) is 0 Å².